The van der Waals surface area contributed by atoms with E-state index in [1.807, 2.05) is 14.1 Å². The van der Waals surface area contributed by atoms with Crippen molar-refractivity contribution in [2.45, 2.75) is 44.7 Å². The van der Waals surface area contributed by atoms with E-state index < -0.39 is 0 Å². The predicted octanol–water partition coefficient (Wildman–Crippen LogP) is 0.570. The molecule has 0 saturated heterocycles. The molecule has 16 heavy (non-hydrogen) atoms. The molecule has 1 aliphatic carbocycles. The highest BCUT2D eigenvalue weighted by Gasteiger charge is 2.31. The molecule has 1 aliphatic rings. The van der Waals surface area contributed by atoms with E-state index in [2.05, 4.69) is 24.1 Å². The minimum absolute atomic E-state index is 0.0155. The Labute approximate surface area is 98.6 Å². The van der Waals surface area contributed by atoms with Gasteiger partial charge < -0.3 is 16.0 Å². The van der Waals surface area contributed by atoms with Crippen LogP contribution in [0.3, 0.4) is 0 Å². The third-order valence-corrected chi connectivity index (χ3v) is 3.81. The molecule has 1 rings (SSSR count). The Morgan fingerprint density at radius 1 is 1.44 bits per heavy atom. The van der Waals surface area contributed by atoms with Crippen molar-refractivity contribution in [2.24, 2.45) is 11.7 Å². The molecule has 0 aromatic rings. The third-order valence-electron chi connectivity index (χ3n) is 3.81. The molecule has 3 N–H and O–H groups in total. The zero-order valence-corrected chi connectivity index (χ0v) is 10.9. The molecule has 1 saturated carbocycles. The van der Waals surface area contributed by atoms with Gasteiger partial charge in [-0.05, 0) is 40.8 Å². The Hall–Kier alpha value is -0.610. The molecule has 0 bridgehead atoms. The summed E-state index contributed by atoms with van der Waals surface area (Å²) in [6.45, 7) is 4.89. The van der Waals surface area contributed by atoms with E-state index >= 15 is 0 Å². The molecule has 2 atom stereocenters. The van der Waals surface area contributed by atoms with Crippen LogP contribution in [0.25, 0.3) is 0 Å². The van der Waals surface area contributed by atoms with Gasteiger partial charge in [0.25, 0.3) is 0 Å². The second-order valence-corrected chi connectivity index (χ2v) is 5.63. The highest BCUT2D eigenvalue weighted by atomic mass is 16.1. The van der Waals surface area contributed by atoms with Crippen molar-refractivity contribution < 1.29 is 4.79 Å². The number of hydrogen-bond donors (Lipinski definition) is 2. The molecular formula is C12H25N3O. The zero-order chi connectivity index (χ0) is 12.3. The van der Waals surface area contributed by atoms with E-state index in [4.69, 9.17) is 5.73 Å². The summed E-state index contributed by atoms with van der Waals surface area (Å²) in [6, 6.07) is 0.0578. The van der Waals surface area contributed by atoms with E-state index in [0.29, 0.717) is 6.54 Å². The lowest BCUT2D eigenvalue weighted by molar-refractivity contribution is -0.125. The van der Waals surface area contributed by atoms with Gasteiger partial charge in [-0.2, -0.15) is 0 Å². The molecule has 4 heteroatoms. The molecular weight excluding hydrogens is 202 g/mol. The van der Waals surface area contributed by atoms with E-state index in [9.17, 15) is 4.79 Å². The first-order chi connectivity index (χ1) is 7.34. The molecule has 1 amide bonds. The lowest BCUT2D eigenvalue weighted by Crippen LogP contribution is -2.50. The smallest absolute Gasteiger partial charge is 0.224 e. The number of amides is 1. The van der Waals surface area contributed by atoms with Gasteiger partial charge in [0, 0.05) is 18.1 Å². The predicted molar refractivity (Wildman–Crippen MR) is 66.1 cm³/mol. The first kappa shape index (κ1) is 13.5. The molecule has 0 spiro atoms. The molecule has 94 valence electrons. The van der Waals surface area contributed by atoms with Gasteiger partial charge in [-0.1, -0.05) is 6.42 Å². The molecule has 2 unspecified atom stereocenters. The minimum Gasteiger partial charge on any atom is -0.354 e. The van der Waals surface area contributed by atoms with E-state index in [1.165, 1.54) is 0 Å². The molecule has 4 nitrogen and oxygen atoms in total. The molecule has 0 aliphatic heterocycles. The Balaban J connectivity index is 2.41. The Morgan fingerprint density at radius 2 is 2.06 bits per heavy atom. The monoisotopic (exact) mass is 227 g/mol. The number of carbonyl (C=O) groups is 1. The molecule has 0 aromatic carbocycles. The van der Waals surface area contributed by atoms with Crippen LogP contribution >= 0.6 is 0 Å². The van der Waals surface area contributed by atoms with Gasteiger partial charge in [-0.15, -0.1) is 0 Å². The van der Waals surface area contributed by atoms with Crippen molar-refractivity contribution in [3.63, 3.8) is 0 Å². The number of likely N-dealkylation sites (N-methyl/N-ethyl adjacent to an activating group) is 1. The minimum atomic E-state index is -0.0155. The van der Waals surface area contributed by atoms with Crippen LogP contribution in [0.4, 0.5) is 0 Å². The van der Waals surface area contributed by atoms with E-state index in [-0.39, 0.29) is 23.4 Å². The fourth-order valence-corrected chi connectivity index (χ4v) is 1.91. The van der Waals surface area contributed by atoms with Crippen LogP contribution in [-0.4, -0.2) is 43.0 Å². The van der Waals surface area contributed by atoms with Gasteiger partial charge in [-0.3, -0.25) is 4.79 Å². The first-order valence-corrected chi connectivity index (χ1v) is 6.05. The second kappa shape index (κ2) is 5.15. The summed E-state index contributed by atoms with van der Waals surface area (Å²) in [6.07, 6.45) is 3.00. The maximum atomic E-state index is 11.9. The molecule has 0 heterocycles. The van der Waals surface area contributed by atoms with Gasteiger partial charge >= 0.3 is 0 Å². The number of nitrogens with one attached hydrogen (secondary N) is 1. The van der Waals surface area contributed by atoms with Gasteiger partial charge in [0.1, 0.15) is 0 Å². The highest BCUT2D eigenvalue weighted by molar-refractivity contribution is 5.79. The van der Waals surface area contributed by atoms with Gasteiger partial charge in [0.15, 0.2) is 0 Å². The van der Waals surface area contributed by atoms with Crippen molar-refractivity contribution in [2.75, 3.05) is 20.6 Å². The summed E-state index contributed by atoms with van der Waals surface area (Å²) in [7, 11) is 4.04. The van der Waals surface area contributed by atoms with Crippen LogP contribution in [0.2, 0.25) is 0 Å². The lowest BCUT2D eigenvalue weighted by Gasteiger charge is -2.33. The highest BCUT2D eigenvalue weighted by Crippen LogP contribution is 2.24. The van der Waals surface area contributed by atoms with Crippen molar-refractivity contribution in [1.29, 1.82) is 0 Å². The zero-order valence-electron chi connectivity index (χ0n) is 10.9. The van der Waals surface area contributed by atoms with E-state index in [0.717, 1.165) is 19.3 Å². The van der Waals surface area contributed by atoms with Crippen LogP contribution in [-0.2, 0) is 4.79 Å². The largest absolute Gasteiger partial charge is 0.354 e. The summed E-state index contributed by atoms with van der Waals surface area (Å²) in [4.78, 5) is 14.0. The molecule has 0 aromatic heterocycles. The van der Waals surface area contributed by atoms with Crippen LogP contribution in [0.1, 0.15) is 33.1 Å². The Kier molecular flexibility index (Phi) is 4.33. The van der Waals surface area contributed by atoms with Crippen LogP contribution in [0.15, 0.2) is 0 Å². The SMILES string of the molecule is CN(C)C(C)(C)CNC(=O)C1CCCC1N. The van der Waals surface area contributed by atoms with Crippen LogP contribution in [0.5, 0.6) is 0 Å². The van der Waals surface area contributed by atoms with Gasteiger partial charge in [0.2, 0.25) is 5.91 Å². The summed E-state index contributed by atoms with van der Waals surface area (Å²) < 4.78 is 0. The maximum Gasteiger partial charge on any atom is 0.224 e. The second-order valence-electron chi connectivity index (χ2n) is 5.63. The summed E-state index contributed by atoms with van der Waals surface area (Å²) in [5.41, 5.74) is 5.89. The Morgan fingerprint density at radius 3 is 2.50 bits per heavy atom. The molecule has 1 fully saturated rings. The third kappa shape index (κ3) is 3.19. The topological polar surface area (TPSA) is 58.4 Å². The van der Waals surface area contributed by atoms with Crippen molar-refractivity contribution in [1.82, 2.24) is 10.2 Å². The van der Waals surface area contributed by atoms with Crippen molar-refractivity contribution >= 4 is 5.91 Å². The lowest BCUT2D eigenvalue weighted by atomic mass is 10.0. The number of nitrogens with zero attached hydrogens (tertiary/aromatic N) is 1. The summed E-state index contributed by atoms with van der Waals surface area (Å²) >= 11 is 0. The first-order valence-electron chi connectivity index (χ1n) is 6.05. The van der Waals surface area contributed by atoms with Crippen molar-refractivity contribution in [3.8, 4) is 0 Å². The number of nitrogens with two attached hydrogens (primary N) is 1. The van der Waals surface area contributed by atoms with E-state index in [1.54, 1.807) is 0 Å². The average molecular weight is 227 g/mol. The van der Waals surface area contributed by atoms with Crippen LogP contribution in [0, 0.1) is 5.92 Å². The standard InChI is InChI=1S/C12H25N3O/c1-12(2,15(3)4)8-14-11(16)9-6-5-7-10(9)13/h9-10H,5-8,13H2,1-4H3,(H,14,16). The summed E-state index contributed by atoms with van der Waals surface area (Å²) in [5, 5.41) is 3.02. The van der Waals surface area contributed by atoms with Crippen molar-refractivity contribution in [3.05, 3.63) is 0 Å². The van der Waals surface area contributed by atoms with Gasteiger partial charge in [0.05, 0.1) is 5.92 Å². The van der Waals surface area contributed by atoms with Gasteiger partial charge in [-0.25, -0.2) is 0 Å². The van der Waals surface area contributed by atoms with Crippen LogP contribution < -0.4 is 11.1 Å². The Bertz CT molecular complexity index is 251. The fraction of sp³-hybridized carbons (Fsp3) is 0.917. The number of carbonyl (C=O) groups excluding carboxylic acids is 1. The maximum absolute atomic E-state index is 11.9. The molecule has 0 radical (unpaired) electrons. The normalized spacial score (nSPS) is 26.1. The summed E-state index contributed by atoms with van der Waals surface area (Å²) in [5.74, 6) is 0.151. The number of rotatable bonds is 4. The average Bonchev–Trinajstić information content (AvgIpc) is 2.61. The fourth-order valence-electron chi connectivity index (χ4n) is 1.91. The number of hydrogen-bond acceptors (Lipinski definition) is 3. The quantitative estimate of drug-likeness (QED) is 0.738.